The molecule has 390 valence electrons. The van der Waals surface area contributed by atoms with Crippen LogP contribution in [0.1, 0.15) is 78.2 Å². The largest absolute Gasteiger partial charge is 0.370 e. The van der Waals surface area contributed by atoms with E-state index in [-0.39, 0.29) is 49.7 Å². The highest BCUT2D eigenvalue weighted by atomic mass is 33.1. The summed E-state index contributed by atoms with van der Waals surface area (Å²) in [5.41, 5.74) is 24.0. The highest BCUT2D eigenvalue weighted by Crippen LogP contribution is 2.26. The molecule has 0 bridgehead atoms. The number of hydrogen-bond acceptors (Lipinski definition) is 14. The van der Waals surface area contributed by atoms with Gasteiger partial charge < -0.3 is 70.0 Å². The molecule has 0 radical (unpaired) electrons. The fourth-order valence-corrected chi connectivity index (χ4v) is 10.3. The first-order chi connectivity index (χ1) is 33.6. The van der Waals surface area contributed by atoms with E-state index in [0.717, 1.165) is 32.5 Å². The number of likely N-dealkylation sites (tertiary alicyclic amines) is 1. The molecular formula is C45H67N13O11S2. The topological polar surface area (TPSA) is 395 Å². The van der Waals surface area contributed by atoms with E-state index >= 15 is 0 Å². The summed E-state index contributed by atoms with van der Waals surface area (Å²) in [5, 5.41) is 18.9. The number of hydrogen-bond donors (Lipinski definition) is 12. The molecule has 16 N–H and O–H groups in total. The van der Waals surface area contributed by atoms with Crippen LogP contribution in [0.15, 0.2) is 30.5 Å². The smallest absolute Gasteiger partial charge is 0.246 e. The van der Waals surface area contributed by atoms with Gasteiger partial charge in [0.1, 0.15) is 42.3 Å². The molecule has 4 rings (SSSR count). The molecule has 0 saturated carbocycles. The lowest BCUT2D eigenvalue weighted by atomic mass is 9.96. The zero-order chi connectivity index (χ0) is 52.5. The zero-order valence-electron chi connectivity index (χ0n) is 40.2. The van der Waals surface area contributed by atoms with Crippen LogP contribution < -0.4 is 60.2 Å². The molecule has 24 nitrogen and oxygen atoms in total. The number of carbonyl (C=O) groups is 11. The van der Waals surface area contributed by atoms with Gasteiger partial charge in [-0.1, -0.05) is 73.9 Å². The van der Waals surface area contributed by atoms with E-state index in [1.54, 1.807) is 20.0 Å². The number of nitrogens with zero attached hydrogens (tertiary/aromatic N) is 1. The number of benzene rings is 1. The van der Waals surface area contributed by atoms with Crippen LogP contribution in [0.4, 0.5) is 0 Å². The highest BCUT2D eigenvalue weighted by Gasteiger charge is 2.41. The molecule has 2 aliphatic rings. The zero-order valence-corrected chi connectivity index (χ0v) is 41.8. The molecule has 1 aromatic carbocycles. The van der Waals surface area contributed by atoms with Gasteiger partial charge >= 0.3 is 0 Å². The van der Waals surface area contributed by atoms with Crippen LogP contribution in [0, 0.1) is 11.8 Å². The molecule has 26 heteroatoms. The number of nitrogens with one attached hydrogen (secondary N) is 8. The maximum atomic E-state index is 14.5. The first-order valence-corrected chi connectivity index (χ1v) is 25.9. The van der Waals surface area contributed by atoms with Crippen molar-refractivity contribution >= 4 is 97.5 Å². The van der Waals surface area contributed by atoms with E-state index in [1.165, 1.54) is 4.90 Å². The number of carbonyl (C=O) groups excluding carboxylic acids is 11. The van der Waals surface area contributed by atoms with Crippen molar-refractivity contribution in [2.75, 3.05) is 24.6 Å². The van der Waals surface area contributed by atoms with Crippen molar-refractivity contribution in [2.45, 2.75) is 127 Å². The fourth-order valence-electron chi connectivity index (χ4n) is 8.00. The third-order valence-electron chi connectivity index (χ3n) is 12.0. The molecule has 2 saturated heterocycles. The Bertz CT molecular complexity index is 2300. The predicted octanol–water partition coefficient (Wildman–Crippen LogP) is -2.83. The van der Waals surface area contributed by atoms with Crippen LogP contribution in [0.5, 0.6) is 0 Å². The summed E-state index contributed by atoms with van der Waals surface area (Å²) < 4.78 is 0. The van der Waals surface area contributed by atoms with Crippen molar-refractivity contribution < 1.29 is 52.7 Å². The van der Waals surface area contributed by atoms with Crippen LogP contribution in [0.25, 0.3) is 10.9 Å². The molecular weight excluding hydrogens is 963 g/mol. The van der Waals surface area contributed by atoms with Crippen LogP contribution in [0.3, 0.4) is 0 Å². The molecule has 0 spiro atoms. The van der Waals surface area contributed by atoms with Crippen molar-refractivity contribution in [3.8, 4) is 0 Å². The van der Waals surface area contributed by atoms with Gasteiger partial charge in [0.15, 0.2) is 0 Å². The molecule has 2 aromatic rings. The normalized spacial score (nSPS) is 24.1. The van der Waals surface area contributed by atoms with Gasteiger partial charge in [0, 0.05) is 48.0 Å². The van der Waals surface area contributed by atoms with E-state index in [9.17, 15) is 52.7 Å². The van der Waals surface area contributed by atoms with E-state index in [0.29, 0.717) is 18.4 Å². The Hall–Kier alpha value is -6.41. The molecule has 11 amide bonds. The minimum absolute atomic E-state index is 0.0319. The lowest BCUT2D eigenvalue weighted by Crippen LogP contribution is -2.61. The molecule has 9 atom stereocenters. The van der Waals surface area contributed by atoms with Crippen molar-refractivity contribution in [1.29, 1.82) is 0 Å². The highest BCUT2D eigenvalue weighted by molar-refractivity contribution is 8.76. The predicted molar refractivity (Wildman–Crippen MR) is 265 cm³/mol. The number of nitrogens with two attached hydrogens (primary N) is 4. The number of aromatic amines is 1. The minimum Gasteiger partial charge on any atom is -0.370 e. The van der Waals surface area contributed by atoms with Crippen molar-refractivity contribution in [3.63, 3.8) is 0 Å². The summed E-state index contributed by atoms with van der Waals surface area (Å²) in [7, 11) is 2.09. The molecule has 1 aromatic heterocycles. The molecule has 2 fully saturated rings. The lowest BCUT2D eigenvalue weighted by Gasteiger charge is -2.31. The van der Waals surface area contributed by atoms with Gasteiger partial charge in [-0.15, -0.1) is 0 Å². The molecule has 0 aliphatic carbocycles. The number of fused-ring (bicyclic) bond motifs is 1. The third kappa shape index (κ3) is 17.2. The second kappa shape index (κ2) is 27.3. The van der Waals surface area contributed by atoms with Gasteiger partial charge in [-0.2, -0.15) is 0 Å². The van der Waals surface area contributed by atoms with Crippen LogP contribution in [-0.2, 0) is 59.2 Å². The van der Waals surface area contributed by atoms with Gasteiger partial charge in [-0.05, 0) is 49.1 Å². The summed E-state index contributed by atoms with van der Waals surface area (Å²) in [6.07, 6.45) is 1.15. The Morgan fingerprint density at radius 1 is 0.789 bits per heavy atom. The average molecular weight is 1030 g/mol. The van der Waals surface area contributed by atoms with Gasteiger partial charge in [0.2, 0.25) is 65.0 Å². The van der Waals surface area contributed by atoms with E-state index in [4.69, 9.17) is 22.9 Å². The van der Waals surface area contributed by atoms with E-state index in [2.05, 4.69) is 42.2 Å². The standard InChI is InChI=1S/C45H67N13O11S2/c1-5-23(4)37-44(68)52-28(12-13-34(47)59)40(64)54-31(17-35(48)60)41(65)56-32(45(69)58-14-8-11-33(58)43(67)55-29(15-22(2)3)39(63)51-19-36(49)61)21-71-70-20-26(46)38(62)53-30(42(66)57-37)16-24-18-50-27-10-7-6-9-25(24)27/h6-7,9-10,18,22-23,26,28-33,37,50H,5,8,11-17,19-21,46H2,1-4H3,(H2,47,59)(H2,48,60)(H2,49,61)(H,51,63)(H,52,68)(H,53,62)(H,54,64)(H,55,67)(H,56,65)(H,57,66)/t23-,26-,28?,29-,30+,31-,32-,33-,37-/m0/s1. The van der Waals surface area contributed by atoms with Crippen molar-refractivity contribution in [1.82, 2.24) is 47.1 Å². The minimum atomic E-state index is -1.74. The molecule has 3 heterocycles. The maximum Gasteiger partial charge on any atom is 0.246 e. The number of amides is 11. The number of primary amides is 3. The Labute approximate surface area is 418 Å². The third-order valence-corrected chi connectivity index (χ3v) is 14.5. The Morgan fingerprint density at radius 3 is 2.10 bits per heavy atom. The average Bonchev–Trinajstić information content (AvgIpc) is 3.98. The molecule has 1 unspecified atom stereocenters. The SMILES string of the molecule is CC[C@H](C)[C@@H]1NC(=O)[C@@H](Cc2c[nH]c3ccccc23)NC(=O)[C@@H](N)CSSC[C@@H](C(=O)N2CCC[C@H]2C(=O)N[C@@H](CC(C)C)C(=O)NCC(N)=O)NC(=O)[C@H](CC(N)=O)NC(=O)C(CCC(N)=O)NC1=O. The monoisotopic (exact) mass is 1030 g/mol. The maximum absolute atomic E-state index is 14.5. The van der Waals surface area contributed by atoms with Crippen molar-refractivity contribution in [3.05, 3.63) is 36.0 Å². The van der Waals surface area contributed by atoms with Crippen LogP contribution in [-0.4, -0.2) is 148 Å². The first kappa shape index (κ1) is 57.2. The number of rotatable bonds is 17. The second-order valence-electron chi connectivity index (χ2n) is 18.1. The van der Waals surface area contributed by atoms with Gasteiger partial charge in [0.25, 0.3) is 0 Å². The molecule has 2 aliphatic heterocycles. The molecule has 71 heavy (non-hydrogen) atoms. The van der Waals surface area contributed by atoms with Gasteiger partial charge in [0.05, 0.1) is 19.0 Å². The summed E-state index contributed by atoms with van der Waals surface area (Å²) in [5.74, 6) is -10.1. The van der Waals surface area contributed by atoms with E-state index < -0.39 is 139 Å². The summed E-state index contributed by atoms with van der Waals surface area (Å²) in [4.78, 5) is 152. The Kier molecular flexibility index (Phi) is 22.0. The summed E-state index contributed by atoms with van der Waals surface area (Å²) >= 11 is 0. The second-order valence-corrected chi connectivity index (χ2v) is 20.6. The number of H-pyrrole nitrogens is 1. The Morgan fingerprint density at radius 2 is 1.44 bits per heavy atom. The van der Waals surface area contributed by atoms with Gasteiger partial charge in [-0.25, -0.2) is 0 Å². The lowest BCUT2D eigenvalue weighted by molar-refractivity contribution is -0.142. The van der Waals surface area contributed by atoms with Crippen LogP contribution >= 0.6 is 21.6 Å². The quantitative estimate of drug-likeness (QED) is 0.0711. The fraction of sp³-hybridized carbons (Fsp3) is 0.578. The van der Waals surface area contributed by atoms with Gasteiger partial charge in [-0.3, -0.25) is 52.7 Å². The van der Waals surface area contributed by atoms with Crippen LogP contribution in [0.2, 0.25) is 0 Å². The van der Waals surface area contributed by atoms with E-state index in [1.807, 2.05) is 38.1 Å². The first-order valence-electron chi connectivity index (χ1n) is 23.4. The summed E-state index contributed by atoms with van der Waals surface area (Å²) in [6, 6.07) is -3.45. The van der Waals surface area contributed by atoms with Crippen molar-refractivity contribution in [2.24, 2.45) is 34.8 Å². The number of aromatic nitrogens is 1. The summed E-state index contributed by atoms with van der Waals surface area (Å²) in [6.45, 7) is 6.68. The Balaban J connectivity index is 1.71. The number of para-hydroxylation sites is 1.